The number of hydrogen-bond acceptors (Lipinski definition) is 4. The Morgan fingerprint density at radius 1 is 1.31 bits per heavy atom. The van der Waals surface area contributed by atoms with Crippen LogP contribution in [0.1, 0.15) is 6.92 Å². The third kappa shape index (κ3) is 8.93. The number of carbonyl (C=O) groups excluding carboxylic acids is 1. The van der Waals surface area contributed by atoms with E-state index < -0.39 is 0 Å². The van der Waals surface area contributed by atoms with Gasteiger partial charge in [0.05, 0.1) is 13.7 Å². The zero-order valence-corrected chi connectivity index (χ0v) is 18.2. The van der Waals surface area contributed by atoms with Gasteiger partial charge in [-0.15, -0.1) is 30.6 Å². The molecule has 0 bridgehead atoms. The van der Waals surface area contributed by atoms with Crippen molar-refractivity contribution >= 4 is 35.8 Å². The lowest BCUT2D eigenvalue weighted by Crippen LogP contribution is -2.42. The summed E-state index contributed by atoms with van der Waals surface area (Å²) in [5.74, 6) is 1.83. The standard InChI is InChI=1S/C18H28N4O3.HI/c1-6-11-19-18(21-13-17(23)22(3)4)20-12-14(2)25-16-10-8-7-9-15(16)24-5;/h6-10,14H,1,11-13H2,2-5H3,(H2,19,20,21);1H. The third-order valence-corrected chi connectivity index (χ3v) is 3.24. The summed E-state index contributed by atoms with van der Waals surface area (Å²) in [6, 6.07) is 7.49. The lowest BCUT2D eigenvalue weighted by molar-refractivity contribution is -0.127. The van der Waals surface area contributed by atoms with Crippen molar-refractivity contribution in [2.45, 2.75) is 13.0 Å². The molecule has 1 aromatic carbocycles. The summed E-state index contributed by atoms with van der Waals surface area (Å²) >= 11 is 0. The van der Waals surface area contributed by atoms with Crippen molar-refractivity contribution in [1.82, 2.24) is 15.5 Å². The predicted molar refractivity (Wildman–Crippen MR) is 116 cm³/mol. The van der Waals surface area contributed by atoms with Crippen LogP contribution in [-0.2, 0) is 4.79 Å². The summed E-state index contributed by atoms with van der Waals surface area (Å²) < 4.78 is 11.2. The average molecular weight is 476 g/mol. The second-order valence-corrected chi connectivity index (χ2v) is 5.58. The van der Waals surface area contributed by atoms with Crippen LogP contribution >= 0.6 is 24.0 Å². The summed E-state index contributed by atoms with van der Waals surface area (Å²) in [5, 5.41) is 6.24. The second-order valence-electron chi connectivity index (χ2n) is 5.58. The molecule has 26 heavy (non-hydrogen) atoms. The van der Waals surface area contributed by atoms with Crippen LogP contribution in [0.4, 0.5) is 0 Å². The highest BCUT2D eigenvalue weighted by atomic mass is 127. The average Bonchev–Trinajstić information content (AvgIpc) is 2.61. The number of likely N-dealkylation sites (N-methyl/N-ethyl adjacent to an activating group) is 1. The minimum Gasteiger partial charge on any atom is -0.493 e. The fourth-order valence-corrected chi connectivity index (χ4v) is 1.85. The van der Waals surface area contributed by atoms with E-state index in [2.05, 4.69) is 22.2 Å². The number of nitrogens with one attached hydrogen (secondary N) is 2. The van der Waals surface area contributed by atoms with E-state index >= 15 is 0 Å². The molecule has 0 aliphatic rings. The minimum absolute atomic E-state index is 0. The molecular formula is C18H29IN4O3. The highest BCUT2D eigenvalue weighted by Crippen LogP contribution is 2.26. The van der Waals surface area contributed by atoms with E-state index in [1.807, 2.05) is 31.2 Å². The van der Waals surface area contributed by atoms with Gasteiger partial charge in [0.1, 0.15) is 12.6 Å². The fourth-order valence-electron chi connectivity index (χ4n) is 1.85. The SMILES string of the molecule is C=CCNC(=NCC(=O)N(C)C)NCC(C)Oc1ccccc1OC.I. The molecule has 0 aliphatic carbocycles. The number of hydrogen-bond donors (Lipinski definition) is 2. The van der Waals surface area contributed by atoms with Crippen LogP contribution < -0.4 is 20.1 Å². The van der Waals surface area contributed by atoms with Crippen LogP contribution in [0.2, 0.25) is 0 Å². The van der Waals surface area contributed by atoms with Crippen molar-refractivity contribution in [2.24, 2.45) is 4.99 Å². The zero-order valence-electron chi connectivity index (χ0n) is 15.8. The van der Waals surface area contributed by atoms with Crippen LogP contribution in [0.5, 0.6) is 11.5 Å². The number of aliphatic imine (C=N–C) groups is 1. The van der Waals surface area contributed by atoms with Gasteiger partial charge in [-0.1, -0.05) is 18.2 Å². The predicted octanol–water partition coefficient (Wildman–Crippen LogP) is 1.89. The van der Waals surface area contributed by atoms with Crippen LogP contribution in [0.3, 0.4) is 0 Å². The van der Waals surface area contributed by atoms with E-state index in [4.69, 9.17) is 9.47 Å². The molecular weight excluding hydrogens is 447 g/mol. The molecule has 1 unspecified atom stereocenters. The minimum atomic E-state index is -0.128. The van der Waals surface area contributed by atoms with Gasteiger partial charge in [-0.2, -0.15) is 0 Å². The molecule has 0 fully saturated rings. The first-order chi connectivity index (χ1) is 12.0. The van der Waals surface area contributed by atoms with Crippen molar-refractivity contribution in [2.75, 3.05) is 40.8 Å². The number of carbonyl (C=O) groups is 1. The number of ether oxygens (including phenoxy) is 2. The topological polar surface area (TPSA) is 75.2 Å². The van der Waals surface area contributed by atoms with Crippen molar-refractivity contribution in [1.29, 1.82) is 0 Å². The van der Waals surface area contributed by atoms with Crippen molar-refractivity contribution in [3.05, 3.63) is 36.9 Å². The molecule has 1 aromatic rings. The van der Waals surface area contributed by atoms with Gasteiger partial charge in [-0.3, -0.25) is 4.79 Å². The number of guanidine groups is 1. The fraction of sp³-hybridized carbons (Fsp3) is 0.444. The summed E-state index contributed by atoms with van der Waals surface area (Å²) in [6.07, 6.45) is 1.59. The lowest BCUT2D eigenvalue weighted by atomic mass is 10.3. The van der Waals surface area contributed by atoms with E-state index in [0.717, 1.165) is 0 Å². The Morgan fingerprint density at radius 2 is 1.96 bits per heavy atom. The third-order valence-electron chi connectivity index (χ3n) is 3.24. The van der Waals surface area contributed by atoms with Crippen LogP contribution in [0, 0.1) is 0 Å². The Balaban J connectivity index is 0.00000625. The quantitative estimate of drug-likeness (QED) is 0.247. The molecule has 7 nitrogen and oxygen atoms in total. The van der Waals surface area contributed by atoms with Crippen LogP contribution in [0.15, 0.2) is 41.9 Å². The number of rotatable bonds is 9. The van der Waals surface area contributed by atoms with E-state index in [0.29, 0.717) is 30.5 Å². The maximum atomic E-state index is 11.7. The van der Waals surface area contributed by atoms with E-state index in [-0.39, 0.29) is 42.5 Å². The first kappa shape index (κ1) is 24.0. The smallest absolute Gasteiger partial charge is 0.243 e. The molecule has 1 amide bonds. The molecule has 0 aromatic heterocycles. The first-order valence-electron chi connectivity index (χ1n) is 8.10. The van der Waals surface area contributed by atoms with Gasteiger partial charge in [-0.05, 0) is 19.1 Å². The Morgan fingerprint density at radius 3 is 2.54 bits per heavy atom. The highest BCUT2D eigenvalue weighted by Gasteiger charge is 2.10. The zero-order chi connectivity index (χ0) is 18.7. The van der Waals surface area contributed by atoms with Crippen LogP contribution in [0.25, 0.3) is 0 Å². The van der Waals surface area contributed by atoms with Gasteiger partial charge >= 0.3 is 0 Å². The summed E-state index contributed by atoms with van der Waals surface area (Å²) in [5.41, 5.74) is 0. The van der Waals surface area contributed by atoms with E-state index in [1.54, 1.807) is 27.3 Å². The number of halogens is 1. The molecule has 2 N–H and O–H groups in total. The molecule has 0 aliphatic heterocycles. The van der Waals surface area contributed by atoms with Crippen molar-refractivity contribution in [3.8, 4) is 11.5 Å². The Hall–Kier alpha value is -1.97. The van der Waals surface area contributed by atoms with E-state index in [1.165, 1.54) is 4.90 Å². The highest BCUT2D eigenvalue weighted by molar-refractivity contribution is 14.0. The Labute approximate surface area is 172 Å². The summed E-state index contributed by atoms with van der Waals surface area (Å²) in [4.78, 5) is 17.4. The Kier molecular flexibility index (Phi) is 12.3. The number of benzene rings is 1. The first-order valence-corrected chi connectivity index (χ1v) is 8.10. The molecule has 146 valence electrons. The molecule has 0 heterocycles. The van der Waals surface area contributed by atoms with Gasteiger partial charge in [0, 0.05) is 20.6 Å². The molecule has 0 saturated heterocycles. The molecule has 1 atom stereocenters. The maximum Gasteiger partial charge on any atom is 0.243 e. The lowest BCUT2D eigenvalue weighted by Gasteiger charge is -2.19. The van der Waals surface area contributed by atoms with Crippen LogP contribution in [-0.4, -0.2) is 63.7 Å². The number of amides is 1. The van der Waals surface area contributed by atoms with Crippen molar-refractivity contribution < 1.29 is 14.3 Å². The van der Waals surface area contributed by atoms with Crippen molar-refractivity contribution in [3.63, 3.8) is 0 Å². The number of para-hydroxylation sites is 2. The molecule has 0 radical (unpaired) electrons. The van der Waals surface area contributed by atoms with Gasteiger partial charge in [0.15, 0.2) is 17.5 Å². The molecule has 0 saturated carbocycles. The monoisotopic (exact) mass is 476 g/mol. The van der Waals surface area contributed by atoms with Gasteiger partial charge < -0.3 is 25.0 Å². The number of methoxy groups -OCH3 is 1. The Bertz CT molecular complexity index is 594. The summed E-state index contributed by atoms with van der Waals surface area (Å²) in [7, 11) is 5.01. The normalized spacial score (nSPS) is 11.6. The largest absolute Gasteiger partial charge is 0.493 e. The number of nitrogens with zero attached hydrogens (tertiary/aromatic N) is 2. The molecule has 1 rings (SSSR count). The van der Waals surface area contributed by atoms with Gasteiger partial charge in [0.25, 0.3) is 0 Å². The van der Waals surface area contributed by atoms with Gasteiger partial charge in [-0.25, -0.2) is 4.99 Å². The van der Waals surface area contributed by atoms with E-state index in [9.17, 15) is 4.79 Å². The maximum absolute atomic E-state index is 11.7. The molecule has 0 spiro atoms. The summed E-state index contributed by atoms with van der Waals surface area (Å²) in [6.45, 7) is 6.73. The second kappa shape index (κ2) is 13.3. The molecule has 8 heteroatoms. The van der Waals surface area contributed by atoms with Gasteiger partial charge in [0.2, 0.25) is 5.91 Å².